The molecule has 1 aliphatic rings. The Hall–Kier alpha value is -2.50. The van der Waals surface area contributed by atoms with Crippen LogP contribution in [0, 0.1) is 6.92 Å². The topological polar surface area (TPSA) is 79.0 Å². The standard InChI is InChI=1S/C16H18N4O2/c1-11-4-5-12(9-18-11)15(21)20-8-2-3-13(10-20)14-6-7-17-16(22)19-14/h4-7,9,13H,2-3,8,10H2,1H3,(H,17,19,22)/t13-/m0/s1. The number of nitrogens with one attached hydrogen (secondary N) is 1. The molecular formula is C16H18N4O2. The zero-order valence-electron chi connectivity index (χ0n) is 12.5. The van der Waals surface area contributed by atoms with Gasteiger partial charge in [-0.25, -0.2) is 9.78 Å². The molecule has 1 saturated heterocycles. The van der Waals surface area contributed by atoms with Crippen molar-refractivity contribution in [1.29, 1.82) is 0 Å². The molecule has 6 heteroatoms. The second-order valence-corrected chi connectivity index (χ2v) is 5.61. The minimum atomic E-state index is -0.344. The molecule has 0 radical (unpaired) electrons. The normalized spacial score (nSPS) is 18.2. The Morgan fingerprint density at radius 3 is 2.91 bits per heavy atom. The van der Waals surface area contributed by atoms with Crippen LogP contribution in [0.25, 0.3) is 0 Å². The minimum Gasteiger partial charge on any atom is -0.338 e. The number of nitrogens with zero attached hydrogens (tertiary/aromatic N) is 3. The zero-order chi connectivity index (χ0) is 15.5. The summed E-state index contributed by atoms with van der Waals surface area (Å²) in [7, 11) is 0. The van der Waals surface area contributed by atoms with Gasteiger partial charge in [-0.3, -0.25) is 9.78 Å². The third-order valence-corrected chi connectivity index (χ3v) is 4.00. The van der Waals surface area contributed by atoms with Crippen LogP contribution >= 0.6 is 0 Å². The first-order valence-corrected chi connectivity index (χ1v) is 7.40. The number of H-pyrrole nitrogens is 1. The molecule has 1 N–H and O–H groups in total. The molecule has 1 aliphatic heterocycles. The van der Waals surface area contributed by atoms with Gasteiger partial charge in [-0.1, -0.05) is 0 Å². The van der Waals surface area contributed by atoms with Crippen LogP contribution in [-0.4, -0.2) is 38.8 Å². The summed E-state index contributed by atoms with van der Waals surface area (Å²) in [5.74, 6) is 0.139. The Bertz CT molecular complexity index is 723. The van der Waals surface area contributed by atoms with Gasteiger partial charge in [0.15, 0.2) is 0 Å². The summed E-state index contributed by atoms with van der Waals surface area (Å²) >= 11 is 0. The lowest BCUT2D eigenvalue weighted by molar-refractivity contribution is 0.0705. The fourth-order valence-corrected chi connectivity index (χ4v) is 2.81. The first kappa shape index (κ1) is 14.4. The molecule has 6 nitrogen and oxygen atoms in total. The van der Waals surface area contributed by atoms with Gasteiger partial charge in [0.1, 0.15) is 0 Å². The van der Waals surface area contributed by atoms with E-state index >= 15 is 0 Å². The van der Waals surface area contributed by atoms with Crippen molar-refractivity contribution < 1.29 is 4.79 Å². The molecule has 0 spiro atoms. The maximum atomic E-state index is 12.6. The SMILES string of the molecule is Cc1ccc(C(=O)N2CCC[C@H](c3ccnc(=O)[nH]3)C2)cn1. The monoisotopic (exact) mass is 298 g/mol. The maximum absolute atomic E-state index is 12.6. The smallest absolute Gasteiger partial charge is 0.338 e. The predicted octanol–water partition coefficient (Wildman–Crippen LogP) is 1.49. The molecule has 2 aromatic rings. The molecule has 1 fully saturated rings. The van der Waals surface area contributed by atoms with Crippen LogP contribution in [0.1, 0.15) is 40.5 Å². The average molecular weight is 298 g/mol. The number of aromatic nitrogens is 3. The number of hydrogen-bond acceptors (Lipinski definition) is 4. The Kier molecular flexibility index (Phi) is 4.00. The van der Waals surface area contributed by atoms with Gasteiger partial charge in [0.25, 0.3) is 5.91 Å². The number of carbonyl (C=O) groups is 1. The third-order valence-electron chi connectivity index (χ3n) is 4.00. The van der Waals surface area contributed by atoms with Crippen molar-refractivity contribution >= 4 is 5.91 Å². The summed E-state index contributed by atoms with van der Waals surface area (Å²) in [6, 6.07) is 5.46. The summed E-state index contributed by atoms with van der Waals surface area (Å²) in [5, 5.41) is 0. The van der Waals surface area contributed by atoms with E-state index in [0.717, 1.165) is 30.8 Å². The number of piperidine rings is 1. The summed E-state index contributed by atoms with van der Waals surface area (Å²) in [4.78, 5) is 36.3. The van der Waals surface area contributed by atoms with Gasteiger partial charge >= 0.3 is 5.69 Å². The third kappa shape index (κ3) is 3.05. The number of aromatic amines is 1. The van der Waals surface area contributed by atoms with Gasteiger partial charge in [-0.15, -0.1) is 0 Å². The van der Waals surface area contributed by atoms with E-state index < -0.39 is 0 Å². The van der Waals surface area contributed by atoms with E-state index in [0.29, 0.717) is 12.1 Å². The first-order valence-electron chi connectivity index (χ1n) is 7.40. The summed E-state index contributed by atoms with van der Waals surface area (Å²) in [6.45, 7) is 3.23. The minimum absolute atomic E-state index is 0.00592. The van der Waals surface area contributed by atoms with Crippen LogP contribution in [0.2, 0.25) is 0 Å². The molecule has 114 valence electrons. The quantitative estimate of drug-likeness (QED) is 0.911. The van der Waals surface area contributed by atoms with Crippen molar-refractivity contribution in [2.24, 2.45) is 0 Å². The van der Waals surface area contributed by atoms with E-state index in [1.807, 2.05) is 30.0 Å². The summed E-state index contributed by atoms with van der Waals surface area (Å²) < 4.78 is 0. The Labute approximate surface area is 128 Å². The van der Waals surface area contributed by atoms with Gasteiger partial charge < -0.3 is 9.88 Å². The second kappa shape index (κ2) is 6.09. The van der Waals surface area contributed by atoms with Gasteiger partial charge in [0.2, 0.25) is 0 Å². The van der Waals surface area contributed by atoms with Gasteiger partial charge in [0, 0.05) is 42.8 Å². The van der Waals surface area contributed by atoms with Crippen molar-refractivity contribution in [3.8, 4) is 0 Å². The molecule has 3 heterocycles. The Morgan fingerprint density at radius 2 is 2.18 bits per heavy atom. The molecule has 1 atom stereocenters. The molecule has 0 saturated carbocycles. The summed E-state index contributed by atoms with van der Waals surface area (Å²) in [5.41, 5.74) is 2.00. The van der Waals surface area contributed by atoms with Crippen LogP contribution in [0.3, 0.4) is 0 Å². The molecule has 3 rings (SSSR count). The zero-order valence-corrected chi connectivity index (χ0v) is 12.5. The van der Waals surface area contributed by atoms with E-state index in [2.05, 4.69) is 15.0 Å². The lowest BCUT2D eigenvalue weighted by Gasteiger charge is -2.32. The van der Waals surface area contributed by atoms with Gasteiger partial charge in [0.05, 0.1) is 5.56 Å². The Balaban J connectivity index is 1.76. The van der Waals surface area contributed by atoms with Crippen molar-refractivity contribution in [3.05, 3.63) is 58.0 Å². The highest BCUT2D eigenvalue weighted by Crippen LogP contribution is 2.25. The van der Waals surface area contributed by atoms with Crippen molar-refractivity contribution in [2.75, 3.05) is 13.1 Å². The summed E-state index contributed by atoms with van der Waals surface area (Å²) in [6.07, 6.45) is 5.00. The predicted molar refractivity (Wildman–Crippen MR) is 81.7 cm³/mol. The fourth-order valence-electron chi connectivity index (χ4n) is 2.81. The largest absolute Gasteiger partial charge is 0.345 e. The number of rotatable bonds is 2. The van der Waals surface area contributed by atoms with E-state index in [1.165, 1.54) is 6.20 Å². The molecular weight excluding hydrogens is 280 g/mol. The van der Waals surface area contributed by atoms with Crippen LogP contribution in [-0.2, 0) is 0 Å². The van der Waals surface area contributed by atoms with E-state index in [-0.39, 0.29) is 17.5 Å². The van der Waals surface area contributed by atoms with Crippen LogP contribution in [0.5, 0.6) is 0 Å². The number of amides is 1. The van der Waals surface area contributed by atoms with Gasteiger partial charge in [-0.2, -0.15) is 0 Å². The van der Waals surface area contributed by atoms with Crippen molar-refractivity contribution in [3.63, 3.8) is 0 Å². The van der Waals surface area contributed by atoms with Crippen LogP contribution in [0.4, 0.5) is 0 Å². The molecule has 22 heavy (non-hydrogen) atoms. The van der Waals surface area contributed by atoms with E-state index in [4.69, 9.17) is 0 Å². The first-order chi connectivity index (χ1) is 10.6. The van der Waals surface area contributed by atoms with Crippen molar-refractivity contribution in [1.82, 2.24) is 19.9 Å². The molecule has 0 aromatic carbocycles. The van der Waals surface area contributed by atoms with E-state index in [1.54, 1.807) is 6.20 Å². The highest BCUT2D eigenvalue weighted by molar-refractivity contribution is 5.94. The maximum Gasteiger partial charge on any atom is 0.345 e. The fraction of sp³-hybridized carbons (Fsp3) is 0.375. The average Bonchev–Trinajstić information content (AvgIpc) is 2.55. The number of pyridine rings is 1. The van der Waals surface area contributed by atoms with Gasteiger partial charge in [-0.05, 0) is 38.0 Å². The molecule has 1 amide bonds. The highest BCUT2D eigenvalue weighted by atomic mass is 16.2. The van der Waals surface area contributed by atoms with Crippen LogP contribution in [0.15, 0.2) is 35.4 Å². The number of aryl methyl sites for hydroxylation is 1. The highest BCUT2D eigenvalue weighted by Gasteiger charge is 2.26. The lowest BCUT2D eigenvalue weighted by atomic mass is 9.94. The number of carbonyl (C=O) groups excluding carboxylic acids is 1. The van der Waals surface area contributed by atoms with Crippen LogP contribution < -0.4 is 5.69 Å². The molecule has 0 aliphatic carbocycles. The van der Waals surface area contributed by atoms with E-state index in [9.17, 15) is 9.59 Å². The molecule has 2 aromatic heterocycles. The molecule has 0 unspecified atom stereocenters. The van der Waals surface area contributed by atoms with Crippen molar-refractivity contribution in [2.45, 2.75) is 25.7 Å². The second-order valence-electron chi connectivity index (χ2n) is 5.61. The lowest BCUT2D eigenvalue weighted by Crippen LogP contribution is -2.39. The number of hydrogen-bond donors (Lipinski definition) is 1. The Morgan fingerprint density at radius 1 is 1.32 bits per heavy atom. The molecule has 0 bridgehead atoms. The number of likely N-dealkylation sites (tertiary alicyclic amines) is 1.